The summed E-state index contributed by atoms with van der Waals surface area (Å²) in [5, 5.41) is 36.1. The van der Waals surface area contributed by atoms with Crippen molar-refractivity contribution in [2.45, 2.75) is 6.54 Å². The van der Waals surface area contributed by atoms with E-state index >= 15 is 0 Å². The number of aromatic hydroxyl groups is 1. The molecular weight excluding hydrogens is 344 g/mol. The first-order chi connectivity index (χ1) is 11.0. The maximum atomic E-state index is 10.1. The molecule has 3 aromatic rings. The van der Waals surface area contributed by atoms with Gasteiger partial charge in [0.1, 0.15) is 12.3 Å². The second kappa shape index (κ2) is 7.37. The number of benzene rings is 1. The van der Waals surface area contributed by atoms with E-state index < -0.39 is 5.97 Å². The van der Waals surface area contributed by atoms with Crippen molar-refractivity contribution in [1.29, 1.82) is 0 Å². The third kappa shape index (κ3) is 4.52. The van der Waals surface area contributed by atoms with E-state index in [1.807, 2.05) is 0 Å². The number of carboxylic acid groups (broad SMARTS) is 1. The Balaban J connectivity index is 0.000000174. The highest BCUT2D eigenvalue weighted by Crippen LogP contribution is 2.12. The molecule has 0 radical (unpaired) electrons. The minimum Gasteiger partial charge on any atom is -0.508 e. The molecule has 0 spiro atoms. The molecule has 0 bridgehead atoms. The van der Waals surface area contributed by atoms with Gasteiger partial charge < -0.3 is 10.2 Å². The van der Waals surface area contributed by atoms with Gasteiger partial charge in [-0.05, 0) is 48.7 Å². The number of nitrogens with zero attached hydrogens (tertiary/aromatic N) is 6. The monoisotopic (exact) mass is 354 g/mol. The molecule has 11 nitrogen and oxygen atoms in total. The number of hydrogen-bond acceptors (Lipinski definition) is 8. The molecule has 23 heavy (non-hydrogen) atoms. The minimum atomic E-state index is -0.984. The highest BCUT2D eigenvalue weighted by atomic mass is 32.1. The van der Waals surface area contributed by atoms with Crippen molar-refractivity contribution in [2.24, 2.45) is 0 Å². The van der Waals surface area contributed by atoms with Crippen LogP contribution < -0.4 is 0 Å². The van der Waals surface area contributed by atoms with Gasteiger partial charge in [-0.15, -0.1) is 0 Å². The standard InChI is InChI=1S/C7H6N4OS.C3H4N4O2S/c12-6-3-1-5(2-4-6)11-7(13)8-9-10-11;8-2(9)1-7-3(10)4-5-6-7/h1-4,12H,(H,8,10,13);1H2,(H,8,9)(H,4,6,10). The fourth-order valence-electron chi connectivity index (χ4n) is 1.42. The summed E-state index contributed by atoms with van der Waals surface area (Å²) in [6.07, 6.45) is 0. The second-order valence-corrected chi connectivity index (χ2v) is 4.73. The molecule has 4 N–H and O–H groups in total. The first-order valence-corrected chi connectivity index (χ1v) is 6.78. The smallest absolute Gasteiger partial charge is 0.325 e. The zero-order valence-corrected chi connectivity index (χ0v) is 13.0. The van der Waals surface area contributed by atoms with Crippen molar-refractivity contribution >= 4 is 30.4 Å². The van der Waals surface area contributed by atoms with E-state index in [1.54, 1.807) is 24.3 Å². The largest absolute Gasteiger partial charge is 0.508 e. The van der Waals surface area contributed by atoms with E-state index in [0.29, 0.717) is 4.77 Å². The van der Waals surface area contributed by atoms with Gasteiger partial charge >= 0.3 is 5.97 Å². The van der Waals surface area contributed by atoms with Crippen molar-refractivity contribution in [3.05, 3.63) is 33.8 Å². The maximum absolute atomic E-state index is 10.1. The van der Waals surface area contributed by atoms with E-state index in [0.717, 1.165) is 10.4 Å². The van der Waals surface area contributed by atoms with E-state index in [9.17, 15) is 4.79 Å². The van der Waals surface area contributed by atoms with Crippen molar-refractivity contribution in [3.63, 3.8) is 0 Å². The molecule has 0 saturated carbocycles. The number of carboxylic acids is 1. The van der Waals surface area contributed by atoms with Crippen molar-refractivity contribution in [2.75, 3.05) is 0 Å². The average Bonchev–Trinajstić information content (AvgIpc) is 3.10. The van der Waals surface area contributed by atoms with Crippen LogP contribution in [0.1, 0.15) is 0 Å². The molecule has 3 rings (SSSR count). The molecule has 0 saturated heterocycles. The number of rotatable bonds is 3. The fourth-order valence-corrected chi connectivity index (χ4v) is 1.75. The molecular formula is C10H10N8O3S2. The average molecular weight is 354 g/mol. The molecule has 0 aliphatic carbocycles. The Kier molecular flexibility index (Phi) is 5.27. The summed E-state index contributed by atoms with van der Waals surface area (Å²) in [4.78, 5) is 10.1. The van der Waals surface area contributed by atoms with Crippen LogP contribution in [-0.2, 0) is 11.3 Å². The Morgan fingerprint density at radius 1 is 1.09 bits per heavy atom. The lowest BCUT2D eigenvalue weighted by atomic mass is 10.3. The lowest BCUT2D eigenvalue weighted by Gasteiger charge is -1.99. The molecule has 0 amide bonds. The molecule has 120 valence electrons. The number of hydrogen-bond donors (Lipinski definition) is 4. The van der Waals surface area contributed by atoms with Crippen LogP contribution in [0.3, 0.4) is 0 Å². The second-order valence-electron chi connectivity index (χ2n) is 4.00. The van der Waals surface area contributed by atoms with Gasteiger partial charge in [0.25, 0.3) is 0 Å². The molecule has 1 aromatic carbocycles. The van der Waals surface area contributed by atoms with Crippen LogP contribution in [0.25, 0.3) is 5.69 Å². The third-order valence-electron chi connectivity index (χ3n) is 2.40. The van der Waals surface area contributed by atoms with E-state index in [1.165, 1.54) is 4.68 Å². The molecule has 13 heteroatoms. The quantitative estimate of drug-likeness (QED) is 0.491. The lowest BCUT2D eigenvalue weighted by Crippen LogP contribution is -2.10. The summed E-state index contributed by atoms with van der Waals surface area (Å²) in [6, 6.07) is 6.56. The summed E-state index contributed by atoms with van der Waals surface area (Å²) in [5.41, 5.74) is 0.785. The van der Waals surface area contributed by atoms with Crippen LogP contribution in [0, 0.1) is 9.54 Å². The summed E-state index contributed by atoms with van der Waals surface area (Å²) in [5.74, 6) is -0.773. The number of aromatic nitrogens is 8. The number of tetrazole rings is 2. The Hall–Kier alpha value is -2.93. The van der Waals surface area contributed by atoms with Crippen LogP contribution in [0.5, 0.6) is 5.75 Å². The number of nitrogens with one attached hydrogen (secondary N) is 2. The lowest BCUT2D eigenvalue weighted by molar-refractivity contribution is -0.137. The Morgan fingerprint density at radius 2 is 1.70 bits per heavy atom. The number of aromatic amines is 2. The van der Waals surface area contributed by atoms with E-state index in [-0.39, 0.29) is 17.1 Å². The molecule has 2 aromatic heterocycles. The number of carbonyl (C=O) groups is 1. The van der Waals surface area contributed by atoms with Gasteiger partial charge in [-0.1, -0.05) is 20.6 Å². The number of phenols is 1. The first-order valence-electron chi connectivity index (χ1n) is 5.96. The van der Waals surface area contributed by atoms with Crippen LogP contribution in [0.2, 0.25) is 0 Å². The first kappa shape index (κ1) is 16.4. The zero-order chi connectivity index (χ0) is 16.8. The summed E-state index contributed by atoms with van der Waals surface area (Å²) in [6.45, 7) is -0.230. The van der Waals surface area contributed by atoms with Crippen molar-refractivity contribution in [3.8, 4) is 11.4 Å². The Morgan fingerprint density at radius 3 is 2.17 bits per heavy atom. The molecule has 0 fully saturated rings. The van der Waals surface area contributed by atoms with Gasteiger partial charge in [-0.2, -0.15) is 10.4 Å². The van der Waals surface area contributed by atoms with Gasteiger partial charge in [-0.3, -0.25) is 4.79 Å². The van der Waals surface area contributed by atoms with Crippen LogP contribution in [0.4, 0.5) is 0 Å². The van der Waals surface area contributed by atoms with Gasteiger partial charge in [0.2, 0.25) is 9.54 Å². The molecule has 0 atom stereocenters. The van der Waals surface area contributed by atoms with Crippen molar-refractivity contribution < 1.29 is 15.0 Å². The third-order valence-corrected chi connectivity index (χ3v) is 2.97. The summed E-state index contributed by atoms with van der Waals surface area (Å²) < 4.78 is 3.18. The minimum absolute atomic E-state index is 0.141. The molecule has 0 aliphatic rings. The maximum Gasteiger partial charge on any atom is 0.325 e. The predicted octanol–water partition coefficient (Wildman–Crippen LogP) is 0.451. The van der Waals surface area contributed by atoms with Crippen molar-refractivity contribution in [1.82, 2.24) is 40.4 Å². The Bertz CT molecular complexity index is 893. The van der Waals surface area contributed by atoms with Gasteiger partial charge in [0.15, 0.2) is 0 Å². The van der Waals surface area contributed by atoms with Crippen LogP contribution in [0.15, 0.2) is 24.3 Å². The van der Waals surface area contributed by atoms with E-state index in [4.69, 9.17) is 22.4 Å². The summed E-state index contributed by atoms with van der Waals surface area (Å²) >= 11 is 9.49. The van der Waals surface area contributed by atoms with Crippen LogP contribution >= 0.6 is 24.4 Å². The highest BCUT2D eigenvalue weighted by molar-refractivity contribution is 7.71. The molecule has 0 unspecified atom stereocenters. The predicted molar refractivity (Wildman–Crippen MR) is 81.1 cm³/mol. The van der Waals surface area contributed by atoms with Gasteiger partial charge in [-0.25, -0.2) is 9.36 Å². The zero-order valence-electron chi connectivity index (χ0n) is 11.3. The molecule has 0 aliphatic heterocycles. The fraction of sp³-hybridized carbons (Fsp3) is 0.100. The number of aliphatic carboxylic acids is 1. The van der Waals surface area contributed by atoms with Crippen LogP contribution in [-0.4, -0.2) is 56.6 Å². The highest BCUT2D eigenvalue weighted by Gasteiger charge is 2.00. The number of H-pyrrole nitrogens is 2. The molecule has 2 heterocycles. The SMILES string of the molecule is O=C(O)Cn1[nH]nnc1=S.Oc1ccc(-n2[nH]nnc2=S)cc1. The normalized spacial score (nSPS) is 9.91. The van der Waals surface area contributed by atoms with E-state index in [2.05, 4.69) is 43.3 Å². The Labute approximate surface area is 138 Å². The number of phenolic OH excluding ortho intramolecular Hbond substituents is 1. The van der Waals surface area contributed by atoms with Gasteiger partial charge in [0.05, 0.1) is 5.69 Å². The summed E-state index contributed by atoms with van der Waals surface area (Å²) in [7, 11) is 0. The topological polar surface area (TPSA) is 151 Å². The van der Waals surface area contributed by atoms with Gasteiger partial charge in [0, 0.05) is 0 Å².